The second kappa shape index (κ2) is 9.70. The van der Waals surface area contributed by atoms with E-state index in [0.29, 0.717) is 0 Å². The van der Waals surface area contributed by atoms with Crippen LogP contribution < -0.4 is 5.32 Å². The minimum atomic E-state index is -0.163. The van der Waals surface area contributed by atoms with Gasteiger partial charge in [0.2, 0.25) is 5.91 Å². The van der Waals surface area contributed by atoms with E-state index in [4.69, 9.17) is 0 Å². The molecule has 0 aliphatic carbocycles. The molecule has 2 nitrogen and oxygen atoms in total. The third kappa shape index (κ3) is 4.91. The molecule has 0 aliphatic heterocycles. The molecule has 3 aromatic rings. The lowest BCUT2D eigenvalue weighted by molar-refractivity contribution is -0.117. The first-order chi connectivity index (χ1) is 14.1. The molecule has 2 heteroatoms. The minimum Gasteiger partial charge on any atom is -0.346 e. The molecule has 0 fully saturated rings. The molecule has 0 saturated carbocycles. The monoisotopic (exact) mass is 381 g/mol. The van der Waals surface area contributed by atoms with Crippen molar-refractivity contribution >= 4 is 17.1 Å². The van der Waals surface area contributed by atoms with Crippen molar-refractivity contribution in [3.8, 4) is 0 Å². The van der Waals surface area contributed by atoms with Gasteiger partial charge in [0.25, 0.3) is 0 Å². The summed E-state index contributed by atoms with van der Waals surface area (Å²) in [6, 6.07) is 29.5. The smallest absolute Gasteiger partial charge is 0.243 e. The molecule has 1 unspecified atom stereocenters. The van der Waals surface area contributed by atoms with Crippen LogP contribution in [0.2, 0.25) is 0 Å². The van der Waals surface area contributed by atoms with Crippen molar-refractivity contribution in [2.75, 3.05) is 0 Å². The van der Waals surface area contributed by atoms with Crippen LogP contribution in [0, 0.1) is 0 Å². The van der Waals surface area contributed by atoms with E-state index in [-0.39, 0.29) is 11.9 Å². The van der Waals surface area contributed by atoms with Gasteiger partial charge in [0.1, 0.15) is 0 Å². The number of hydrogen-bond donors (Lipinski definition) is 1. The summed E-state index contributed by atoms with van der Waals surface area (Å²) in [6.07, 6.45) is 2.23. The van der Waals surface area contributed by atoms with Crippen molar-refractivity contribution < 1.29 is 4.79 Å². The van der Waals surface area contributed by atoms with Gasteiger partial charge in [-0.1, -0.05) is 98.4 Å². The van der Waals surface area contributed by atoms with Crippen LogP contribution in [-0.2, 0) is 4.79 Å². The Kier molecular flexibility index (Phi) is 6.80. The molecular formula is C27H27NO. The van der Waals surface area contributed by atoms with E-state index in [0.717, 1.165) is 12.0 Å². The molecule has 146 valence electrons. The number of nitrogens with one attached hydrogen (secondary N) is 1. The average Bonchev–Trinajstić information content (AvgIpc) is 2.78. The molecule has 0 heterocycles. The number of amides is 1. The lowest BCUT2D eigenvalue weighted by atomic mass is 9.87. The molecule has 0 saturated heterocycles. The number of carbonyl (C=O) groups is 1. The van der Waals surface area contributed by atoms with Crippen molar-refractivity contribution in [2.24, 2.45) is 0 Å². The number of hydrogen-bond acceptors (Lipinski definition) is 1. The van der Waals surface area contributed by atoms with E-state index in [1.807, 2.05) is 19.1 Å². The largest absolute Gasteiger partial charge is 0.346 e. The van der Waals surface area contributed by atoms with Gasteiger partial charge in [-0.25, -0.2) is 0 Å². The Hall–Kier alpha value is -3.39. The van der Waals surface area contributed by atoms with E-state index in [1.54, 1.807) is 0 Å². The van der Waals surface area contributed by atoms with E-state index in [9.17, 15) is 4.79 Å². The number of benzene rings is 3. The second-order valence-corrected chi connectivity index (χ2v) is 7.00. The Morgan fingerprint density at radius 3 is 1.90 bits per heavy atom. The molecule has 0 radical (unpaired) electrons. The van der Waals surface area contributed by atoms with E-state index in [1.165, 1.54) is 33.9 Å². The zero-order chi connectivity index (χ0) is 20.6. The van der Waals surface area contributed by atoms with E-state index < -0.39 is 0 Å². The van der Waals surface area contributed by atoms with Crippen LogP contribution in [0.25, 0.3) is 11.1 Å². The summed E-state index contributed by atoms with van der Waals surface area (Å²) in [4.78, 5) is 11.6. The van der Waals surface area contributed by atoms with Crippen LogP contribution in [0.15, 0.2) is 97.6 Å². The quantitative estimate of drug-likeness (QED) is 0.371. The summed E-state index contributed by atoms with van der Waals surface area (Å²) in [5.41, 5.74) is 7.24. The lowest BCUT2D eigenvalue weighted by Crippen LogP contribution is -2.24. The molecule has 0 aromatic heterocycles. The average molecular weight is 382 g/mol. The minimum absolute atomic E-state index is 0.0709. The number of allylic oxidation sites excluding steroid dienone is 1. The van der Waals surface area contributed by atoms with Crippen LogP contribution >= 0.6 is 0 Å². The summed E-state index contributed by atoms with van der Waals surface area (Å²) in [7, 11) is 0. The third-order valence-electron chi connectivity index (χ3n) is 5.08. The van der Waals surface area contributed by atoms with Crippen LogP contribution in [0.1, 0.15) is 48.6 Å². The standard InChI is InChI=1S/C27H27NO/c1-4-25(22-12-8-6-9-13-22)27(23-14-10-7-11-15-23)24-18-16-21(17-19-24)20(3)28-26(29)5-2/h5-20H,2,4H2,1,3H3,(H,28,29). The van der Waals surface area contributed by atoms with Gasteiger partial charge in [0.05, 0.1) is 6.04 Å². The van der Waals surface area contributed by atoms with Crippen molar-refractivity contribution in [3.05, 3.63) is 120 Å². The number of rotatable bonds is 7. The number of carbonyl (C=O) groups excluding carboxylic acids is 1. The van der Waals surface area contributed by atoms with Crippen LogP contribution in [0.3, 0.4) is 0 Å². The fourth-order valence-electron chi connectivity index (χ4n) is 3.58. The highest BCUT2D eigenvalue weighted by atomic mass is 16.1. The van der Waals surface area contributed by atoms with E-state index >= 15 is 0 Å². The zero-order valence-corrected chi connectivity index (χ0v) is 17.1. The van der Waals surface area contributed by atoms with Gasteiger partial charge in [0, 0.05) is 0 Å². The third-order valence-corrected chi connectivity index (χ3v) is 5.08. The predicted octanol–water partition coefficient (Wildman–Crippen LogP) is 6.42. The molecule has 0 aliphatic rings. The molecule has 1 amide bonds. The molecule has 3 aromatic carbocycles. The SMILES string of the molecule is C=CC(=O)NC(C)c1ccc(C(=C(CC)c2ccccc2)c2ccccc2)cc1. The Morgan fingerprint density at radius 2 is 1.38 bits per heavy atom. The predicted molar refractivity (Wildman–Crippen MR) is 122 cm³/mol. The normalized spacial score (nSPS) is 12.6. The molecule has 29 heavy (non-hydrogen) atoms. The molecule has 0 bridgehead atoms. The molecule has 1 N–H and O–H groups in total. The van der Waals surface area contributed by atoms with Crippen molar-refractivity contribution in [2.45, 2.75) is 26.3 Å². The van der Waals surface area contributed by atoms with Gasteiger partial charge >= 0.3 is 0 Å². The lowest BCUT2D eigenvalue weighted by Gasteiger charge is -2.18. The Bertz CT molecular complexity index is 986. The highest BCUT2D eigenvalue weighted by Gasteiger charge is 2.14. The van der Waals surface area contributed by atoms with Gasteiger partial charge < -0.3 is 5.32 Å². The summed E-state index contributed by atoms with van der Waals surface area (Å²) >= 11 is 0. The first-order valence-corrected chi connectivity index (χ1v) is 10.0. The Balaban J connectivity index is 2.07. The molecule has 3 rings (SSSR count). The maximum absolute atomic E-state index is 11.6. The van der Waals surface area contributed by atoms with Gasteiger partial charge in [-0.2, -0.15) is 0 Å². The zero-order valence-electron chi connectivity index (χ0n) is 17.1. The highest BCUT2D eigenvalue weighted by Crippen LogP contribution is 2.34. The van der Waals surface area contributed by atoms with Crippen LogP contribution in [-0.4, -0.2) is 5.91 Å². The molecule has 0 spiro atoms. The first kappa shape index (κ1) is 20.3. The van der Waals surface area contributed by atoms with Gasteiger partial charge in [0.15, 0.2) is 0 Å². The second-order valence-electron chi connectivity index (χ2n) is 7.00. The fraction of sp³-hybridized carbons (Fsp3) is 0.148. The topological polar surface area (TPSA) is 29.1 Å². The fourth-order valence-corrected chi connectivity index (χ4v) is 3.58. The Morgan fingerprint density at radius 1 is 0.862 bits per heavy atom. The van der Waals surface area contributed by atoms with Gasteiger partial charge in [-0.05, 0) is 52.8 Å². The van der Waals surface area contributed by atoms with Crippen LogP contribution in [0.4, 0.5) is 0 Å². The van der Waals surface area contributed by atoms with Gasteiger partial charge in [-0.15, -0.1) is 0 Å². The summed E-state index contributed by atoms with van der Waals surface area (Å²) in [5.74, 6) is -0.163. The van der Waals surface area contributed by atoms with Gasteiger partial charge in [-0.3, -0.25) is 4.79 Å². The van der Waals surface area contributed by atoms with Crippen molar-refractivity contribution in [3.63, 3.8) is 0 Å². The highest BCUT2D eigenvalue weighted by molar-refractivity contribution is 5.98. The Labute approximate surface area is 173 Å². The van der Waals surface area contributed by atoms with Crippen molar-refractivity contribution in [1.29, 1.82) is 0 Å². The summed E-state index contributed by atoms with van der Waals surface area (Å²) in [5, 5.41) is 2.92. The van der Waals surface area contributed by atoms with E-state index in [2.05, 4.69) is 91.6 Å². The maximum atomic E-state index is 11.6. The maximum Gasteiger partial charge on any atom is 0.243 e. The molecular weight excluding hydrogens is 354 g/mol. The molecule has 1 atom stereocenters. The first-order valence-electron chi connectivity index (χ1n) is 10.0. The van der Waals surface area contributed by atoms with Crippen LogP contribution in [0.5, 0.6) is 0 Å². The van der Waals surface area contributed by atoms with Crippen molar-refractivity contribution in [1.82, 2.24) is 5.32 Å². The summed E-state index contributed by atoms with van der Waals surface area (Å²) in [6.45, 7) is 7.70. The summed E-state index contributed by atoms with van der Waals surface area (Å²) < 4.78 is 0.